The second kappa shape index (κ2) is 23.6. The largest absolute Gasteiger partial charge is 0.396 e. The van der Waals surface area contributed by atoms with E-state index in [-0.39, 0.29) is 79.4 Å². The summed E-state index contributed by atoms with van der Waals surface area (Å²) in [5, 5.41) is 11.1. The Balaban J connectivity index is 0.889. The minimum absolute atomic E-state index is 0.0000283. The van der Waals surface area contributed by atoms with Gasteiger partial charge in [-0.05, 0) is 128 Å². The van der Waals surface area contributed by atoms with Gasteiger partial charge in [0.1, 0.15) is 23.8 Å². The Morgan fingerprint density at radius 3 is 2.21 bits per heavy atom. The van der Waals surface area contributed by atoms with Crippen molar-refractivity contribution in [1.82, 2.24) is 35.4 Å². The fourth-order valence-electron chi connectivity index (χ4n) is 11.1. The lowest BCUT2D eigenvalue weighted by atomic mass is 9.95. The van der Waals surface area contributed by atoms with Gasteiger partial charge in [-0.15, -0.1) is 0 Å². The van der Waals surface area contributed by atoms with Crippen molar-refractivity contribution in [3.05, 3.63) is 128 Å². The first-order valence-corrected chi connectivity index (χ1v) is 30.1. The second-order valence-corrected chi connectivity index (χ2v) is 24.6. The Morgan fingerprint density at radius 1 is 0.815 bits per heavy atom. The first-order valence-electron chi connectivity index (χ1n) is 26.6. The molecule has 7 amide bonds. The summed E-state index contributed by atoms with van der Waals surface area (Å²) in [4.78, 5) is 142. The number of imidazole rings is 1. The average Bonchev–Trinajstić information content (AvgIpc) is 4.21. The number of imide groups is 1. The van der Waals surface area contributed by atoms with Gasteiger partial charge in [0, 0.05) is 62.1 Å². The average molecular weight is 1150 g/mol. The van der Waals surface area contributed by atoms with Gasteiger partial charge in [0.15, 0.2) is 9.84 Å². The number of nitrogens with zero attached hydrogens (tertiary/aromatic N) is 3. The number of amides is 7. The van der Waals surface area contributed by atoms with E-state index in [0.717, 1.165) is 60.6 Å². The van der Waals surface area contributed by atoms with E-state index in [1.165, 1.54) is 50.4 Å². The number of rotatable bonds is 22. The molecule has 25 heteroatoms. The van der Waals surface area contributed by atoms with Gasteiger partial charge in [0.05, 0.1) is 27.5 Å². The predicted molar refractivity (Wildman–Crippen MR) is 296 cm³/mol. The third kappa shape index (κ3) is 12.8. The van der Waals surface area contributed by atoms with Gasteiger partial charge in [-0.25, -0.2) is 13.2 Å². The van der Waals surface area contributed by atoms with Gasteiger partial charge in [-0.2, -0.15) is 0 Å². The van der Waals surface area contributed by atoms with Gasteiger partial charge < -0.3 is 36.5 Å². The number of unbranched alkanes of at least 4 members (excludes halogenated alkanes) is 3. The Kier molecular flexibility index (Phi) is 16.8. The van der Waals surface area contributed by atoms with Crippen LogP contribution in [0.15, 0.2) is 88.6 Å². The molecule has 3 aliphatic heterocycles. The van der Waals surface area contributed by atoms with E-state index in [1.807, 2.05) is 30.3 Å². The zero-order valence-electron chi connectivity index (χ0n) is 44.5. The lowest BCUT2D eigenvalue weighted by molar-refractivity contribution is -0.136. The molecule has 23 nitrogen and oxygen atoms in total. The van der Waals surface area contributed by atoms with Crippen LogP contribution in [0.3, 0.4) is 0 Å². The Labute approximate surface area is 464 Å². The predicted octanol–water partition coefficient (Wildman–Crippen LogP) is 3.18. The normalized spacial score (nSPS) is 17.6. The number of H-pyrrole nitrogens is 1. The number of carbonyl (C=O) groups excluding carboxylic acids is 8. The molecule has 0 spiro atoms. The van der Waals surface area contributed by atoms with Crippen molar-refractivity contribution in [3.63, 3.8) is 0 Å². The molecule has 5 heterocycles. The maximum Gasteiger partial charge on any atom is 0.396 e. The third-order valence-electron chi connectivity index (χ3n) is 15.3. The van der Waals surface area contributed by atoms with Crippen LogP contribution in [0.2, 0.25) is 0 Å². The number of aromatic nitrogens is 3. The SMILES string of the molecule is Cn1c(=O)n(C2CCC(=O)NC2=O)c2ccc(CCCCCCc3cc4c5c(c3)C[C@@H](C(=O)NC[C@@H](CCC(N)=O)C(=O)NCc3ccc(S(C)(=O)=O)cc3)N5C(=O)[C@@H](NC(=O)c3cc5cc(C(=O)P(=O)(O)O)ccc5[nH]3)CC4)cc21. The minimum Gasteiger partial charge on any atom is -0.370 e. The lowest BCUT2D eigenvalue weighted by Crippen LogP contribution is -2.55. The molecule has 81 heavy (non-hydrogen) atoms. The van der Waals surface area contributed by atoms with E-state index in [9.17, 15) is 65.9 Å². The highest BCUT2D eigenvalue weighted by atomic mass is 32.2. The Bertz CT molecular complexity index is 3790. The van der Waals surface area contributed by atoms with Gasteiger partial charge in [-0.1, -0.05) is 43.2 Å². The van der Waals surface area contributed by atoms with Gasteiger partial charge >= 0.3 is 13.3 Å². The standard InChI is InChI=1S/C56H62N9O14PS/c1-63-45-25-31(11-19-43(45)64(56(63)74)44-20-22-48(67)62-53(44)71)7-5-3-4-6-8-33-23-34-12-18-41(61-51(69)42-27-37-26-35(13-17-40(37)60-42)55(73)80(75,76)77)54(72)65-46(28-38(24-33)49(34)65)52(70)59-30-36(14-21-47(57)66)50(68)58-29-32-9-15-39(16-10-32)81(2,78)79/h9-11,13,15-17,19,23-27,36,41,44,46,60H,3-8,12,14,18,20-22,28-30H2,1-2H3,(H2,57,66)(H,58,68)(H,59,70)(H,61,69)(H,62,67,71)(H2,75,76,77)/t36-,41+,44?,46+/m1/s1. The smallest absolute Gasteiger partial charge is 0.370 e. The molecule has 3 aliphatic rings. The monoisotopic (exact) mass is 1150 g/mol. The summed E-state index contributed by atoms with van der Waals surface area (Å²) in [6.07, 6.45) is 6.82. The summed E-state index contributed by atoms with van der Waals surface area (Å²) in [5.74, 6) is -4.79. The highest BCUT2D eigenvalue weighted by molar-refractivity contribution is 7.90. The van der Waals surface area contributed by atoms with E-state index in [2.05, 4.69) is 26.3 Å². The molecular weight excluding hydrogens is 1090 g/mol. The van der Waals surface area contributed by atoms with E-state index in [1.54, 1.807) is 19.2 Å². The summed E-state index contributed by atoms with van der Waals surface area (Å²) in [6.45, 7) is -0.211. The number of nitrogens with two attached hydrogens (primary N) is 1. The molecule has 0 bridgehead atoms. The molecule has 4 atom stereocenters. The van der Waals surface area contributed by atoms with Gasteiger partial charge in [0.2, 0.25) is 35.4 Å². The molecule has 0 saturated carbocycles. The lowest BCUT2D eigenvalue weighted by Gasteiger charge is -2.28. The van der Waals surface area contributed by atoms with Crippen LogP contribution in [0.4, 0.5) is 5.69 Å². The van der Waals surface area contributed by atoms with Crippen LogP contribution in [0.25, 0.3) is 21.9 Å². The molecule has 426 valence electrons. The molecule has 0 radical (unpaired) electrons. The number of anilines is 1. The van der Waals surface area contributed by atoms with Crippen LogP contribution >= 0.6 is 7.60 Å². The Morgan fingerprint density at radius 2 is 1.52 bits per heavy atom. The number of aromatic amines is 1. The molecule has 1 unspecified atom stereocenters. The summed E-state index contributed by atoms with van der Waals surface area (Å²) in [6, 6.07) is 18.0. The Hall–Kier alpha value is -8.05. The number of aryl methyl sites for hydroxylation is 4. The number of carbonyl (C=O) groups is 8. The van der Waals surface area contributed by atoms with E-state index in [4.69, 9.17) is 5.73 Å². The molecule has 2 aromatic heterocycles. The number of primary amides is 1. The molecule has 6 aromatic rings. The van der Waals surface area contributed by atoms with Crippen LogP contribution in [0, 0.1) is 5.92 Å². The first kappa shape index (κ1) is 57.6. The molecule has 4 aromatic carbocycles. The molecule has 9 N–H and O–H groups in total. The molecule has 1 fully saturated rings. The minimum atomic E-state index is -5.09. The first-order chi connectivity index (χ1) is 38.4. The van der Waals surface area contributed by atoms with E-state index >= 15 is 0 Å². The maximum absolute atomic E-state index is 14.8. The highest BCUT2D eigenvalue weighted by Gasteiger charge is 2.45. The van der Waals surface area contributed by atoms with E-state index < -0.39 is 82.4 Å². The number of sulfone groups is 1. The van der Waals surface area contributed by atoms with Gasteiger partial charge in [0.25, 0.3) is 11.4 Å². The van der Waals surface area contributed by atoms with Crippen molar-refractivity contribution >= 4 is 91.9 Å². The summed E-state index contributed by atoms with van der Waals surface area (Å²) in [7, 11) is -6.88. The second-order valence-electron chi connectivity index (χ2n) is 21.1. The van der Waals surface area contributed by atoms with Crippen LogP contribution in [0.5, 0.6) is 0 Å². The van der Waals surface area contributed by atoms with Crippen LogP contribution in [0.1, 0.15) is 112 Å². The quantitative estimate of drug-likeness (QED) is 0.0275. The topological polar surface area (TPSA) is 348 Å². The maximum atomic E-state index is 14.8. The molecule has 0 aliphatic carbocycles. The van der Waals surface area contributed by atoms with Crippen LogP contribution in [-0.4, -0.2) is 104 Å². The number of hydrogen-bond donors (Lipinski definition) is 8. The van der Waals surface area contributed by atoms with Gasteiger partial charge in [-0.3, -0.25) is 62.3 Å². The van der Waals surface area contributed by atoms with Crippen LogP contribution < -0.4 is 37.6 Å². The fourth-order valence-corrected chi connectivity index (χ4v) is 12.2. The fraction of sp³-hybridized carbons (Fsp3) is 0.375. The number of hydrogen-bond acceptors (Lipinski definition) is 12. The summed E-state index contributed by atoms with van der Waals surface area (Å²) in [5.41, 5.74) is 9.94. The van der Waals surface area contributed by atoms with Crippen LogP contribution in [-0.2, 0) is 82.4 Å². The number of piperidine rings is 1. The van der Waals surface area contributed by atoms with Crippen molar-refractivity contribution in [3.8, 4) is 0 Å². The molecule has 1 saturated heterocycles. The van der Waals surface area contributed by atoms with Crippen molar-refractivity contribution < 1.29 is 61.1 Å². The summed E-state index contributed by atoms with van der Waals surface area (Å²) < 4.78 is 38.6. The van der Waals surface area contributed by atoms with Crippen molar-refractivity contribution in [2.24, 2.45) is 18.7 Å². The zero-order valence-corrected chi connectivity index (χ0v) is 46.2. The zero-order chi connectivity index (χ0) is 58.1. The van der Waals surface area contributed by atoms with Crippen molar-refractivity contribution in [2.75, 3.05) is 17.7 Å². The third-order valence-corrected chi connectivity index (χ3v) is 17.2. The highest BCUT2D eigenvalue weighted by Crippen LogP contribution is 2.42. The van der Waals surface area contributed by atoms with Crippen molar-refractivity contribution in [1.29, 1.82) is 0 Å². The number of nitrogens with one attached hydrogen (secondary N) is 5. The molecule has 9 rings (SSSR count). The molecular formula is C56H62N9O14PS. The van der Waals surface area contributed by atoms with E-state index in [0.29, 0.717) is 46.0 Å². The summed E-state index contributed by atoms with van der Waals surface area (Å²) >= 11 is 0. The number of benzene rings is 4. The number of fused-ring (bicyclic) bond motifs is 2. The van der Waals surface area contributed by atoms with Crippen molar-refractivity contribution in [2.45, 2.75) is 113 Å².